The zero-order valence-electron chi connectivity index (χ0n) is 9.82. The second-order valence-corrected chi connectivity index (χ2v) is 4.76. The Bertz CT molecular complexity index is 524. The normalized spacial score (nSPS) is 34.1. The van der Waals surface area contributed by atoms with E-state index >= 15 is 0 Å². The molecule has 3 atom stereocenters. The maximum absolute atomic E-state index is 12.4. The van der Waals surface area contributed by atoms with Crippen molar-refractivity contribution >= 4 is 5.78 Å². The Morgan fingerprint density at radius 2 is 2.17 bits per heavy atom. The van der Waals surface area contributed by atoms with Gasteiger partial charge in [0.05, 0.1) is 12.0 Å². The summed E-state index contributed by atoms with van der Waals surface area (Å²) in [5, 5.41) is 3.75. The zero-order valence-corrected chi connectivity index (χ0v) is 9.82. The van der Waals surface area contributed by atoms with Gasteiger partial charge in [-0.3, -0.25) is 4.79 Å². The van der Waals surface area contributed by atoms with Crippen molar-refractivity contribution in [2.75, 3.05) is 6.61 Å². The van der Waals surface area contributed by atoms with Crippen LogP contribution in [0.2, 0.25) is 0 Å². The van der Waals surface area contributed by atoms with E-state index in [0.717, 1.165) is 12.0 Å². The molecule has 5 heteroatoms. The molecule has 0 bridgehead atoms. The van der Waals surface area contributed by atoms with Crippen LogP contribution in [0.1, 0.15) is 24.3 Å². The number of fused-ring (bicyclic) bond motifs is 1. The van der Waals surface area contributed by atoms with Crippen molar-refractivity contribution in [3.8, 4) is 0 Å². The van der Waals surface area contributed by atoms with Crippen LogP contribution < -0.4 is 0 Å². The second kappa shape index (κ2) is 4.12. The summed E-state index contributed by atoms with van der Waals surface area (Å²) in [4.78, 5) is 15.2. The summed E-state index contributed by atoms with van der Waals surface area (Å²) < 4.78 is 5.68. The molecule has 0 amide bonds. The van der Waals surface area contributed by atoms with E-state index in [1.54, 1.807) is 0 Å². The van der Waals surface area contributed by atoms with Gasteiger partial charge in [0.2, 0.25) is 0 Å². The molecule has 18 heavy (non-hydrogen) atoms. The molecule has 1 saturated heterocycles. The van der Waals surface area contributed by atoms with E-state index in [1.165, 1.54) is 0 Å². The van der Waals surface area contributed by atoms with Crippen molar-refractivity contribution in [1.82, 2.24) is 0 Å². The number of nitrogens with zero attached hydrogens (tertiary/aromatic N) is 3. The number of ether oxygens (including phenoxy) is 1. The number of benzene rings is 1. The summed E-state index contributed by atoms with van der Waals surface area (Å²) in [7, 11) is 0. The highest BCUT2D eigenvalue weighted by atomic mass is 16.5. The summed E-state index contributed by atoms with van der Waals surface area (Å²) in [6.45, 7) is 0.629. The van der Waals surface area contributed by atoms with E-state index < -0.39 is 5.54 Å². The fraction of sp³-hybridized carbons (Fsp3) is 0.462. The molecule has 1 saturated carbocycles. The minimum atomic E-state index is -0.951. The molecule has 3 rings (SSSR count). The lowest BCUT2D eigenvalue weighted by Gasteiger charge is -2.52. The van der Waals surface area contributed by atoms with Crippen LogP contribution in [0.5, 0.6) is 0 Å². The van der Waals surface area contributed by atoms with Gasteiger partial charge in [-0.15, -0.1) is 0 Å². The highest BCUT2D eigenvalue weighted by molar-refractivity contribution is 6.03. The Balaban J connectivity index is 1.97. The first kappa shape index (κ1) is 11.3. The van der Waals surface area contributed by atoms with Crippen LogP contribution in [0.3, 0.4) is 0 Å². The number of carbonyl (C=O) groups excluding carboxylic acids is 1. The fourth-order valence-corrected chi connectivity index (χ4v) is 3.00. The van der Waals surface area contributed by atoms with Crippen LogP contribution in [0.15, 0.2) is 35.4 Å². The number of azide groups is 1. The SMILES string of the molecule is [N-]=[N+]=N[C@@]12CCCO[C@@H]1C(c1ccccc1)C2=O. The van der Waals surface area contributed by atoms with Gasteiger partial charge in [0.1, 0.15) is 5.54 Å². The standard InChI is InChI=1S/C13H13N3O2/c14-16-15-13-7-4-8-18-12(13)10(11(13)17)9-5-2-1-3-6-9/h1-3,5-6,10,12H,4,7-8H2/t10?,12-,13-/m1/s1. The van der Waals surface area contributed by atoms with Crippen molar-refractivity contribution in [2.45, 2.75) is 30.4 Å². The second-order valence-electron chi connectivity index (χ2n) is 4.76. The molecule has 2 fully saturated rings. The smallest absolute Gasteiger partial charge is 0.157 e. The lowest BCUT2D eigenvalue weighted by atomic mass is 9.59. The van der Waals surface area contributed by atoms with E-state index in [0.29, 0.717) is 13.0 Å². The van der Waals surface area contributed by atoms with Crippen molar-refractivity contribution in [3.63, 3.8) is 0 Å². The van der Waals surface area contributed by atoms with Crippen LogP contribution in [0.4, 0.5) is 0 Å². The van der Waals surface area contributed by atoms with Gasteiger partial charge in [-0.2, -0.15) is 0 Å². The number of rotatable bonds is 2. The first-order chi connectivity index (χ1) is 8.79. The minimum Gasteiger partial charge on any atom is -0.376 e. The third kappa shape index (κ3) is 1.38. The lowest BCUT2D eigenvalue weighted by Crippen LogP contribution is -2.67. The largest absolute Gasteiger partial charge is 0.376 e. The van der Waals surface area contributed by atoms with Gasteiger partial charge in [-0.1, -0.05) is 35.4 Å². The molecule has 1 aliphatic carbocycles. The average Bonchev–Trinajstić information content (AvgIpc) is 2.41. The maximum Gasteiger partial charge on any atom is 0.157 e. The van der Waals surface area contributed by atoms with Crippen molar-refractivity contribution < 1.29 is 9.53 Å². The predicted octanol–water partition coefficient (Wildman–Crippen LogP) is 2.58. The fourth-order valence-electron chi connectivity index (χ4n) is 3.00. The van der Waals surface area contributed by atoms with Crippen molar-refractivity contribution in [3.05, 3.63) is 46.3 Å². The average molecular weight is 243 g/mol. The Hall–Kier alpha value is -1.84. The van der Waals surface area contributed by atoms with Crippen LogP contribution in [0, 0.1) is 0 Å². The van der Waals surface area contributed by atoms with E-state index in [9.17, 15) is 4.79 Å². The molecular weight excluding hydrogens is 230 g/mol. The maximum atomic E-state index is 12.4. The molecule has 1 aromatic carbocycles. The summed E-state index contributed by atoms with van der Waals surface area (Å²) >= 11 is 0. The Kier molecular flexibility index (Phi) is 2.58. The van der Waals surface area contributed by atoms with Gasteiger partial charge in [-0.25, -0.2) is 0 Å². The molecule has 0 spiro atoms. The number of hydrogen-bond donors (Lipinski definition) is 0. The summed E-state index contributed by atoms with van der Waals surface area (Å²) in [5.74, 6) is -0.284. The Morgan fingerprint density at radius 1 is 1.39 bits per heavy atom. The van der Waals surface area contributed by atoms with Gasteiger partial charge in [0.15, 0.2) is 5.78 Å². The molecule has 0 aromatic heterocycles. The molecule has 5 nitrogen and oxygen atoms in total. The van der Waals surface area contributed by atoms with Gasteiger partial charge >= 0.3 is 0 Å². The van der Waals surface area contributed by atoms with Gasteiger partial charge in [-0.05, 0) is 23.9 Å². The Morgan fingerprint density at radius 3 is 2.89 bits per heavy atom. The first-order valence-corrected chi connectivity index (χ1v) is 6.07. The van der Waals surface area contributed by atoms with Gasteiger partial charge in [0.25, 0.3) is 0 Å². The lowest BCUT2D eigenvalue weighted by molar-refractivity contribution is -0.163. The topological polar surface area (TPSA) is 75.1 Å². The van der Waals surface area contributed by atoms with E-state index in [1.807, 2.05) is 30.3 Å². The van der Waals surface area contributed by atoms with Crippen molar-refractivity contribution in [1.29, 1.82) is 0 Å². The Labute approximate surface area is 104 Å². The number of Topliss-reactive ketones (excluding diaryl/α,β-unsaturated/α-hetero) is 1. The summed E-state index contributed by atoms with van der Waals surface area (Å²) in [6, 6.07) is 9.55. The molecule has 1 unspecified atom stereocenters. The monoisotopic (exact) mass is 243 g/mol. The molecule has 2 aliphatic rings. The first-order valence-electron chi connectivity index (χ1n) is 6.07. The third-order valence-electron chi connectivity index (χ3n) is 3.86. The van der Waals surface area contributed by atoms with Gasteiger partial charge < -0.3 is 4.74 Å². The zero-order chi connectivity index (χ0) is 12.6. The summed E-state index contributed by atoms with van der Waals surface area (Å²) in [6.07, 6.45) is 1.07. The molecule has 1 aromatic rings. The molecule has 1 heterocycles. The van der Waals surface area contributed by atoms with E-state index in [4.69, 9.17) is 10.3 Å². The summed E-state index contributed by atoms with van der Waals surface area (Å²) in [5.41, 5.74) is 8.65. The molecule has 0 radical (unpaired) electrons. The molecular formula is C13H13N3O2. The van der Waals surface area contributed by atoms with E-state index in [2.05, 4.69) is 10.0 Å². The van der Waals surface area contributed by atoms with Crippen molar-refractivity contribution in [2.24, 2.45) is 5.11 Å². The predicted molar refractivity (Wildman–Crippen MR) is 65.0 cm³/mol. The minimum absolute atomic E-state index is 0.00352. The van der Waals surface area contributed by atoms with E-state index in [-0.39, 0.29) is 17.8 Å². The van der Waals surface area contributed by atoms with Gasteiger partial charge in [0, 0.05) is 11.5 Å². The van der Waals surface area contributed by atoms with Crippen LogP contribution in [-0.2, 0) is 9.53 Å². The third-order valence-corrected chi connectivity index (χ3v) is 3.86. The number of carbonyl (C=O) groups is 1. The number of hydrogen-bond acceptors (Lipinski definition) is 3. The molecule has 0 N–H and O–H groups in total. The van der Waals surface area contributed by atoms with Crippen LogP contribution in [-0.4, -0.2) is 24.0 Å². The quantitative estimate of drug-likeness (QED) is 0.454. The van der Waals surface area contributed by atoms with Crippen LogP contribution in [0.25, 0.3) is 10.4 Å². The molecule has 92 valence electrons. The number of ketones is 1. The molecule has 1 aliphatic heterocycles. The highest BCUT2D eigenvalue weighted by Crippen LogP contribution is 2.50. The highest BCUT2D eigenvalue weighted by Gasteiger charge is 2.63. The van der Waals surface area contributed by atoms with Crippen LogP contribution >= 0.6 is 0 Å².